The standard InChI is InChI=1S/C17H19N3O3S/c1-4-23-16-11(2)9-18-15(12(16)3)10-24(21,22)17-19-13-7-5-6-8-14(13)20-17/h5-9H,4,10H2,1-3H3,(H,19,20). The molecular formula is C17H19N3O3S. The third kappa shape index (κ3) is 2.99. The Morgan fingerprint density at radius 3 is 2.67 bits per heavy atom. The Bertz CT molecular complexity index is 960. The van der Waals surface area contributed by atoms with Crippen molar-refractivity contribution in [2.45, 2.75) is 31.7 Å². The molecule has 0 aliphatic heterocycles. The van der Waals surface area contributed by atoms with Crippen molar-refractivity contribution in [2.75, 3.05) is 6.61 Å². The number of nitrogens with zero attached hydrogens (tertiary/aromatic N) is 2. The number of hydrogen-bond donors (Lipinski definition) is 1. The Hall–Kier alpha value is -2.41. The van der Waals surface area contributed by atoms with E-state index in [2.05, 4.69) is 15.0 Å². The molecule has 0 unspecified atom stereocenters. The van der Waals surface area contributed by atoms with Gasteiger partial charge in [0.25, 0.3) is 0 Å². The zero-order chi connectivity index (χ0) is 17.3. The van der Waals surface area contributed by atoms with Gasteiger partial charge in [-0.25, -0.2) is 13.4 Å². The quantitative estimate of drug-likeness (QED) is 0.768. The zero-order valence-electron chi connectivity index (χ0n) is 13.8. The molecular weight excluding hydrogens is 326 g/mol. The largest absolute Gasteiger partial charge is 0.493 e. The SMILES string of the molecule is CCOc1c(C)cnc(CS(=O)(=O)c2nc3ccccc3[nH]2)c1C. The van der Waals surface area contributed by atoms with E-state index in [0.29, 0.717) is 29.1 Å². The van der Waals surface area contributed by atoms with Crippen LogP contribution in [0.5, 0.6) is 5.75 Å². The molecule has 0 aliphatic rings. The first-order valence-electron chi connectivity index (χ1n) is 7.67. The molecule has 1 N–H and O–H groups in total. The molecule has 126 valence electrons. The number of H-pyrrole nitrogens is 1. The van der Waals surface area contributed by atoms with E-state index in [9.17, 15) is 8.42 Å². The third-order valence-corrected chi connectivity index (χ3v) is 5.26. The number of rotatable bonds is 5. The second-order valence-corrected chi connectivity index (χ2v) is 7.50. The van der Waals surface area contributed by atoms with Gasteiger partial charge in [-0.05, 0) is 32.9 Å². The molecule has 7 heteroatoms. The minimum Gasteiger partial charge on any atom is -0.493 e. The van der Waals surface area contributed by atoms with Crippen LogP contribution in [0.25, 0.3) is 11.0 Å². The lowest BCUT2D eigenvalue weighted by Crippen LogP contribution is -2.11. The van der Waals surface area contributed by atoms with E-state index in [-0.39, 0.29) is 10.9 Å². The number of ether oxygens (including phenoxy) is 1. The second-order valence-electron chi connectivity index (χ2n) is 5.59. The molecule has 2 aromatic heterocycles. The van der Waals surface area contributed by atoms with Crippen LogP contribution >= 0.6 is 0 Å². The first kappa shape index (κ1) is 16.4. The zero-order valence-corrected chi connectivity index (χ0v) is 14.6. The lowest BCUT2D eigenvalue weighted by atomic mass is 10.1. The van der Waals surface area contributed by atoms with Gasteiger partial charge >= 0.3 is 0 Å². The van der Waals surface area contributed by atoms with E-state index in [1.807, 2.05) is 32.9 Å². The van der Waals surface area contributed by atoms with E-state index in [4.69, 9.17) is 4.74 Å². The van der Waals surface area contributed by atoms with E-state index in [1.165, 1.54) is 0 Å². The number of para-hydroxylation sites is 2. The summed E-state index contributed by atoms with van der Waals surface area (Å²) in [6.45, 7) is 6.13. The Kier molecular flexibility index (Phi) is 4.28. The van der Waals surface area contributed by atoms with Gasteiger partial charge in [0, 0.05) is 17.3 Å². The van der Waals surface area contributed by atoms with Gasteiger partial charge in [0.1, 0.15) is 11.5 Å². The van der Waals surface area contributed by atoms with Gasteiger partial charge in [-0.1, -0.05) is 12.1 Å². The minimum atomic E-state index is -3.63. The molecule has 3 rings (SSSR count). The summed E-state index contributed by atoms with van der Waals surface area (Å²) >= 11 is 0. The number of hydrogen-bond acceptors (Lipinski definition) is 5. The molecule has 0 saturated heterocycles. The van der Waals surface area contributed by atoms with Crippen molar-refractivity contribution in [3.63, 3.8) is 0 Å². The third-order valence-electron chi connectivity index (χ3n) is 3.82. The van der Waals surface area contributed by atoms with Crippen molar-refractivity contribution in [3.05, 3.63) is 47.3 Å². The van der Waals surface area contributed by atoms with Gasteiger partial charge in [-0.3, -0.25) is 4.98 Å². The van der Waals surface area contributed by atoms with Crippen molar-refractivity contribution in [2.24, 2.45) is 0 Å². The number of aromatic nitrogens is 3. The molecule has 6 nitrogen and oxygen atoms in total. The molecule has 0 saturated carbocycles. The van der Waals surface area contributed by atoms with E-state index in [1.54, 1.807) is 18.3 Å². The normalized spacial score (nSPS) is 11.8. The van der Waals surface area contributed by atoms with Crippen molar-refractivity contribution in [3.8, 4) is 5.75 Å². The summed E-state index contributed by atoms with van der Waals surface area (Å²) in [5.41, 5.74) is 3.43. The molecule has 24 heavy (non-hydrogen) atoms. The average molecular weight is 345 g/mol. The van der Waals surface area contributed by atoms with Crippen molar-refractivity contribution >= 4 is 20.9 Å². The molecule has 2 heterocycles. The molecule has 0 aliphatic carbocycles. The summed E-state index contributed by atoms with van der Waals surface area (Å²) in [6, 6.07) is 7.22. The Morgan fingerprint density at radius 1 is 1.21 bits per heavy atom. The van der Waals surface area contributed by atoms with Gasteiger partial charge in [0.05, 0.1) is 23.3 Å². The van der Waals surface area contributed by atoms with Crippen LogP contribution in [-0.4, -0.2) is 30.0 Å². The van der Waals surface area contributed by atoms with E-state index < -0.39 is 9.84 Å². The summed E-state index contributed by atoms with van der Waals surface area (Å²) < 4.78 is 31.0. The van der Waals surface area contributed by atoms with Gasteiger partial charge in [-0.2, -0.15) is 0 Å². The second kappa shape index (κ2) is 6.24. The fourth-order valence-electron chi connectivity index (χ4n) is 2.59. The topological polar surface area (TPSA) is 84.9 Å². The van der Waals surface area contributed by atoms with Crippen LogP contribution in [0, 0.1) is 13.8 Å². The molecule has 0 spiro atoms. The number of imidazole rings is 1. The smallest absolute Gasteiger partial charge is 0.226 e. The van der Waals surface area contributed by atoms with Gasteiger partial charge in [0.15, 0.2) is 0 Å². The van der Waals surface area contributed by atoms with Crippen LogP contribution in [-0.2, 0) is 15.6 Å². The van der Waals surface area contributed by atoms with Crippen molar-refractivity contribution < 1.29 is 13.2 Å². The number of benzene rings is 1. The van der Waals surface area contributed by atoms with Crippen LogP contribution in [0.2, 0.25) is 0 Å². The molecule has 0 amide bonds. The fraction of sp³-hybridized carbons (Fsp3) is 0.294. The van der Waals surface area contributed by atoms with E-state index in [0.717, 1.165) is 11.1 Å². The summed E-state index contributed by atoms with van der Waals surface area (Å²) in [7, 11) is -3.63. The first-order chi connectivity index (χ1) is 11.4. The van der Waals surface area contributed by atoms with Crippen LogP contribution in [0.4, 0.5) is 0 Å². The van der Waals surface area contributed by atoms with Crippen LogP contribution in [0.3, 0.4) is 0 Å². The van der Waals surface area contributed by atoms with E-state index >= 15 is 0 Å². The first-order valence-corrected chi connectivity index (χ1v) is 9.33. The molecule has 3 aromatic rings. The van der Waals surface area contributed by atoms with Gasteiger partial charge in [-0.15, -0.1) is 0 Å². The highest BCUT2D eigenvalue weighted by Crippen LogP contribution is 2.27. The Balaban J connectivity index is 1.99. The summed E-state index contributed by atoms with van der Waals surface area (Å²) in [5.74, 6) is 0.473. The van der Waals surface area contributed by atoms with Crippen LogP contribution in [0.1, 0.15) is 23.7 Å². The monoisotopic (exact) mass is 345 g/mol. The minimum absolute atomic E-state index is 0.0385. The summed E-state index contributed by atoms with van der Waals surface area (Å²) in [6.07, 6.45) is 1.64. The van der Waals surface area contributed by atoms with Gasteiger partial charge < -0.3 is 9.72 Å². The number of sulfone groups is 1. The predicted molar refractivity (Wildman–Crippen MR) is 91.9 cm³/mol. The summed E-state index contributed by atoms with van der Waals surface area (Å²) in [4.78, 5) is 11.3. The molecule has 0 fully saturated rings. The predicted octanol–water partition coefficient (Wildman–Crippen LogP) is 2.95. The molecule has 0 bridgehead atoms. The lowest BCUT2D eigenvalue weighted by Gasteiger charge is -2.13. The highest BCUT2D eigenvalue weighted by atomic mass is 32.2. The highest BCUT2D eigenvalue weighted by Gasteiger charge is 2.23. The average Bonchev–Trinajstić information content (AvgIpc) is 2.99. The van der Waals surface area contributed by atoms with Crippen LogP contribution in [0.15, 0.2) is 35.6 Å². The lowest BCUT2D eigenvalue weighted by molar-refractivity contribution is 0.334. The Morgan fingerprint density at radius 2 is 1.96 bits per heavy atom. The van der Waals surface area contributed by atoms with Crippen LogP contribution < -0.4 is 4.74 Å². The number of fused-ring (bicyclic) bond motifs is 1. The fourth-order valence-corrected chi connectivity index (χ4v) is 3.88. The highest BCUT2D eigenvalue weighted by molar-refractivity contribution is 7.90. The number of aromatic amines is 1. The molecule has 1 aromatic carbocycles. The number of nitrogens with one attached hydrogen (secondary N) is 1. The number of aryl methyl sites for hydroxylation is 1. The maximum Gasteiger partial charge on any atom is 0.226 e. The molecule has 0 atom stereocenters. The van der Waals surface area contributed by atoms with Crippen molar-refractivity contribution in [1.82, 2.24) is 15.0 Å². The Labute approximate surface area is 140 Å². The maximum absolute atomic E-state index is 12.7. The van der Waals surface area contributed by atoms with Crippen molar-refractivity contribution in [1.29, 1.82) is 0 Å². The van der Waals surface area contributed by atoms with Gasteiger partial charge in [0.2, 0.25) is 15.0 Å². The summed E-state index contributed by atoms with van der Waals surface area (Å²) in [5, 5.41) is -0.0385. The maximum atomic E-state index is 12.7. The molecule has 0 radical (unpaired) electrons. The number of pyridine rings is 1.